The number of esters is 1. The molecule has 1 aromatic carbocycles. The Labute approximate surface area is 139 Å². The van der Waals surface area contributed by atoms with Crippen molar-refractivity contribution in [3.05, 3.63) is 29.8 Å². The van der Waals surface area contributed by atoms with Gasteiger partial charge in [-0.3, -0.25) is 0 Å². The van der Waals surface area contributed by atoms with Gasteiger partial charge in [-0.15, -0.1) is 0 Å². The lowest BCUT2D eigenvalue weighted by Crippen LogP contribution is -2.02. The van der Waals surface area contributed by atoms with E-state index in [9.17, 15) is 4.79 Å². The van der Waals surface area contributed by atoms with Gasteiger partial charge in [-0.25, -0.2) is 4.79 Å². The molecule has 0 aliphatic carbocycles. The van der Waals surface area contributed by atoms with Crippen LogP contribution in [0, 0.1) is 0 Å². The number of carbonyl (C=O) groups excluding carboxylic acids is 1. The fraction of sp³-hybridized carbons (Fsp3) is 0.526. The number of hydrogen-bond acceptors (Lipinski definition) is 4. The summed E-state index contributed by atoms with van der Waals surface area (Å²) < 4.78 is 15.6. The van der Waals surface area contributed by atoms with Crippen LogP contribution in [0.3, 0.4) is 0 Å². The molecular formula is C19H28O4. The van der Waals surface area contributed by atoms with Gasteiger partial charge in [0.2, 0.25) is 0 Å². The first-order chi connectivity index (χ1) is 11.2. The Morgan fingerprint density at radius 1 is 1.04 bits per heavy atom. The lowest BCUT2D eigenvalue weighted by molar-refractivity contribution is -0.137. The summed E-state index contributed by atoms with van der Waals surface area (Å²) >= 11 is 0. The van der Waals surface area contributed by atoms with Crippen LogP contribution in [0.1, 0.15) is 51.0 Å². The molecule has 23 heavy (non-hydrogen) atoms. The van der Waals surface area contributed by atoms with Gasteiger partial charge < -0.3 is 14.2 Å². The Bertz CT molecular complexity index is 494. The van der Waals surface area contributed by atoms with Crippen molar-refractivity contribution < 1.29 is 19.0 Å². The van der Waals surface area contributed by atoms with Crippen LogP contribution in [-0.2, 0) is 9.53 Å². The fourth-order valence-electron chi connectivity index (χ4n) is 2.22. The van der Waals surface area contributed by atoms with Crippen LogP contribution >= 0.6 is 0 Å². The summed E-state index contributed by atoms with van der Waals surface area (Å²) in [7, 11) is 3.19. The molecule has 0 bridgehead atoms. The molecule has 0 unspecified atom stereocenters. The predicted molar refractivity (Wildman–Crippen MR) is 92.9 cm³/mol. The van der Waals surface area contributed by atoms with Gasteiger partial charge in [-0.05, 0) is 24.6 Å². The molecule has 1 rings (SSSR count). The Hall–Kier alpha value is -1.97. The molecule has 0 aliphatic rings. The first-order valence-electron chi connectivity index (χ1n) is 8.28. The van der Waals surface area contributed by atoms with Gasteiger partial charge in [0.1, 0.15) is 11.5 Å². The average Bonchev–Trinajstić information content (AvgIpc) is 2.58. The summed E-state index contributed by atoms with van der Waals surface area (Å²) in [6.45, 7) is 2.68. The Morgan fingerprint density at radius 3 is 2.48 bits per heavy atom. The highest BCUT2D eigenvalue weighted by Gasteiger charge is 2.03. The van der Waals surface area contributed by atoms with E-state index in [0.717, 1.165) is 18.4 Å². The molecular weight excluding hydrogens is 292 g/mol. The van der Waals surface area contributed by atoms with E-state index in [0.29, 0.717) is 18.1 Å². The van der Waals surface area contributed by atoms with Crippen LogP contribution in [-0.4, -0.2) is 26.8 Å². The molecule has 4 heteroatoms. The molecule has 0 aromatic heterocycles. The van der Waals surface area contributed by atoms with Crippen LogP contribution in [0.2, 0.25) is 0 Å². The van der Waals surface area contributed by atoms with Gasteiger partial charge in [0.25, 0.3) is 0 Å². The van der Waals surface area contributed by atoms with E-state index < -0.39 is 0 Å². The SMILES string of the molecule is CCCCCCCCOC(=O)C=Cc1ccc(OC)cc1OC. The first kappa shape index (κ1) is 19.1. The monoisotopic (exact) mass is 320 g/mol. The van der Waals surface area contributed by atoms with Gasteiger partial charge in [0.15, 0.2) is 0 Å². The number of ether oxygens (including phenoxy) is 3. The molecule has 0 N–H and O–H groups in total. The lowest BCUT2D eigenvalue weighted by Gasteiger charge is -2.07. The molecule has 128 valence electrons. The van der Waals surface area contributed by atoms with Crippen molar-refractivity contribution in [2.75, 3.05) is 20.8 Å². The molecule has 0 spiro atoms. The third kappa shape index (κ3) is 7.73. The van der Waals surface area contributed by atoms with Crippen LogP contribution < -0.4 is 9.47 Å². The molecule has 4 nitrogen and oxygen atoms in total. The van der Waals surface area contributed by atoms with Crippen molar-refractivity contribution in [1.29, 1.82) is 0 Å². The van der Waals surface area contributed by atoms with Gasteiger partial charge in [-0.2, -0.15) is 0 Å². The third-order valence-corrected chi connectivity index (χ3v) is 3.58. The molecule has 0 fully saturated rings. The topological polar surface area (TPSA) is 44.8 Å². The van der Waals surface area contributed by atoms with Crippen molar-refractivity contribution >= 4 is 12.0 Å². The number of unbranched alkanes of at least 4 members (excludes halogenated alkanes) is 5. The molecule has 0 saturated heterocycles. The maximum atomic E-state index is 11.7. The maximum absolute atomic E-state index is 11.7. The van der Waals surface area contributed by atoms with Crippen LogP contribution in [0.4, 0.5) is 0 Å². The quantitative estimate of drug-likeness (QED) is 0.339. The fourth-order valence-corrected chi connectivity index (χ4v) is 2.22. The minimum absolute atomic E-state index is 0.323. The summed E-state index contributed by atoms with van der Waals surface area (Å²) in [5.41, 5.74) is 0.810. The zero-order valence-corrected chi connectivity index (χ0v) is 14.5. The summed E-state index contributed by atoms with van der Waals surface area (Å²) in [5, 5.41) is 0. The maximum Gasteiger partial charge on any atom is 0.330 e. The molecule has 0 heterocycles. The van der Waals surface area contributed by atoms with E-state index in [1.165, 1.54) is 31.8 Å². The summed E-state index contributed by atoms with van der Waals surface area (Å²) in [6, 6.07) is 5.44. The largest absolute Gasteiger partial charge is 0.497 e. The van der Waals surface area contributed by atoms with Gasteiger partial charge in [0.05, 0.1) is 20.8 Å². The summed E-state index contributed by atoms with van der Waals surface area (Å²) in [4.78, 5) is 11.7. The second-order valence-electron chi connectivity index (χ2n) is 5.38. The zero-order valence-electron chi connectivity index (χ0n) is 14.5. The van der Waals surface area contributed by atoms with Gasteiger partial charge in [-0.1, -0.05) is 39.0 Å². The third-order valence-electron chi connectivity index (χ3n) is 3.58. The van der Waals surface area contributed by atoms with E-state index in [1.54, 1.807) is 26.4 Å². The Balaban J connectivity index is 2.35. The van der Waals surface area contributed by atoms with E-state index in [1.807, 2.05) is 12.1 Å². The highest BCUT2D eigenvalue weighted by molar-refractivity contribution is 5.87. The van der Waals surface area contributed by atoms with Crippen LogP contribution in [0.25, 0.3) is 6.08 Å². The van der Waals surface area contributed by atoms with E-state index in [-0.39, 0.29) is 5.97 Å². The van der Waals surface area contributed by atoms with Crippen molar-refractivity contribution in [2.24, 2.45) is 0 Å². The lowest BCUT2D eigenvalue weighted by atomic mass is 10.1. The number of rotatable bonds is 11. The van der Waals surface area contributed by atoms with E-state index in [2.05, 4.69) is 6.92 Å². The van der Waals surface area contributed by atoms with Crippen molar-refractivity contribution in [3.8, 4) is 11.5 Å². The molecule has 1 aromatic rings. The van der Waals surface area contributed by atoms with Gasteiger partial charge >= 0.3 is 5.97 Å². The minimum Gasteiger partial charge on any atom is -0.497 e. The molecule has 0 saturated carbocycles. The van der Waals surface area contributed by atoms with Gasteiger partial charge in [0, 0.05) is 17.7 Å². The molecule has 0 aliphatic heterocycles. The summed E-state index contributed by atoms with van der Waals surface area (Å²) in [6.07, 6.45) is 10.2. The van der Waals surface area contributed by atoms with Crippen molar-refractivity contribution in [3.63, 3.8) is 0 Å². The smallest absolute Gasteiger partial charge is 0.330 e. The normalized spacial score (nSPS) is 10.7. The summed E-state index contributed by atoms with van der Waals surface area (Å²) in [5.74, 6) is 1.05. The Morgan fingerprint density at radius 2 is 1.78 bits per heavy atom. The molecule has 0 atom stereocenters. The van der Waals surface area contributed by atoms with E-state index >= 15 is 0 Å². The minimum atomic E-state index is -0.323. The number of carbonyl (C=O) groups is 1. The van der Waals surface area contributed by atoms with Crippen molar-refractivity contribution in [2.45, 2.75) is 45.4 Å². The molecule has 0 amide bonds. The average molecular weight is 320 g/mol. The van der Waals surface area contributed by atoms with Crippen molar-refractivity contribution in [1.82, 2.24) is 0 Å². The number of benzene rings is 1. The predicted octanol–water partition coefficient (Wildman–Crippen LogP) is 4.62. The second kappa shape index (κ2) is 11.6. The van der Waals surface area contributed by atoms with Crippen LogP contribution in [0.5, 0.6) is 11.5 Å². The highest BCUT2D eigenvalue weighted by atomic mass is 16.5. The molecule has 0 radical (unpaired) electrons. The zero-order chi connectivity index (χ0) is 16.9. The first-order valence-corrected chi connectivity index (χ1v) is 8.28. The highest BCUT2D eigenvalue weighted by Crippen LogP contribution is 2.25. The number of methoxy groups -OCH3 is 2. The van der Waals surface area contributed by atoms with E-state index in [4.69, 9.17) is 14.2 Å². The standard InChI is InChI=1S/C19H28O4/c1-4-5-6-7-8-9-14-23-19(20)13-11-16-10-12-17(21-2)15-18(16)22-3/h10-13,15H,4-9,14H2,1-3H3. The Kier molecular flexibility index (Phi) is 9.60. The number of hydrogen-bond donors (Lipinski definition) is 0. The second-order valence-corrected chi connectivity index (χ2v) is 5.38. The van der Waals surface area contributed by atoms with Crippen LogP contribution in [0.15, 0.2) is 24.3 Å².